The molecule has 0 unspecified atom stereocenters. The third kappa shape index (κ3) is 7.89. The van der Waals surface area contributed by atoms with Gasteiger partial charge in [-0.25, -0.2) is 17.6 Å². The van der Waals surface area contributed by atoms with Gasteiger partial charge in [-0.05, 0) is 75.7 Å². The molecule has 1 saturated heterocycles. The van der Waals surface area contributed by atoms with Crippen LogP contribution in [-0.4, -0.2) is 113 Å². The number of allylic oxidation sites excluding steroid dienone is 1. The third-order valence-corrected chi connectivity index (χ3v) is 14.3. The lowest BCUT2D eigenvalue weighted by molar-refractivity contribution is -0.222. The maximum atomic E-state index is 15.0. The Kier molecular flexibility index (Phi) is 11.5. The van der Waals surface area contributed by atoms with Gasteiger partial charge in [0.25, 0.3) is 5.91 Å². The van der Waals surface area contributed by atoms with Crippen molar-refractivity contribution >= 4 is 44.6 Å². The van der Waals surface area contributed by atoms with E-state index in [1.54, 1.807) is 42.5 Å². The lowest BCUT2D eigenvalue weighted by Gasteiger charge is -2.45. The van der Waals surface area contributed by atoms with Crippen molar-refractivity contribution < 1.29 is 59.7 Å². The van der Waals surface area contributed by atoms with E-state index in [1.807, 2.05) is 11.6 Å². The average molecular weight is 840 g/mol. The molecule has 1 aromatic carbocycles. The predicted octanol–water partition coefficient (Wildman–Crippen LogP) is 5.12. The summed E-state index contributed by atoms with van der Waals surface area (Å²) in [5, 5.41) is 14.3. The molecule has 4 aliphatic rings. The summed E-state index contributed by atoms with van der Waals surface area (Å²) in [5.41, 5.74) is -4.90. The van der Waals surface area contributed by atoms with Crippen molar-refractivity contribution in [2.75, 3.05) is 20.3 Å². The van der Waals surface area contributed by atoms with Crippen LogP contribution in [0.15, 0.2) is 42.5 Å². The largest absolute Gasteiger partial charge is 0.481 e. The Hall–Kier alpha value is -4.68. The monoisotopic (exact) mass is 839 g/mol. The van der Waals surface area contributed by atoms with Gasteiger partial charge in [-0.3, -0.25) is 24.0 Å². The smallest absolute Gasteiger partial charge is 0.411 e. The maximum absolute atomic E-state index is 15.0. The number of pyridine rings is 1. The molecular weight excluding hydrogens is 791 g/mol. The summed E-state index contributed by atoms with van der Waals surface area (Å²) in [4.78, 5) is 61.9. The number of fused-ring (bicyclic) bond motifs is 3. The number of halogens is 4. The number of nitrogens with zero attached hydrogens (tertiary/aromatic N) is 3. The molecule has 2 aliphatic carbocycles. The first-order valence-electron chi connectivity index (χ1n) is 19.2. The van der Waals surface area contributed by atoms with Gasteiger partial charge in [0.15, 0.2) is 0 Å². The number of aromatic nitrogens is 1. The molecule has 6 rings (SSSR count). The molecule has 3 fully saturated rings. The Bertz CT molecular complexity index is 2100. The van der Waals surface area contributed by atoms with E-state index in [2.05, 4.69) is 10.3 Å². The lowest BCUT2D eigenvalue weighted by Crippen LogP contribution is -2.66. The van der Waals surface area contributed by atoms with E-state index in [-0.39, 0.29) is 54.7 Å². The number of hydrogen-bond donors (Lipinski definition) is 3. The minimum absolute atomic E-state index is 0.00302. The topological polar surface area (TPSA) is 185 Å². The van der Waals surface area contributed by atoms with Crippen molar-refractivity contribution in [1.29, 1.82) is 0 Å². The minimum Gasteiger partial charge on any atom is -0.481 e. The highest BCUT2D eigenvalue weighted by Gasteiger charge is 2.64. The second-order valence-electron chi connectivity index (χ2n) is 16.7. The molecule has 2 aliphatic heterocycles. The standard InChI is InChI=1S/C39H49F4N5O9S/c1-22-10-6-8-12-25-19-38(25,34(51)46-58(54,55)37(21-40)14-15-37)45-31(49)28-18-26(57-32-27-13-9-7-11-24(27)17-29(44-32)56-5)20-47(28)33(50)30(23(2)16-22)48(35(52)53)36(3,4)39(41,42)43/h7-9,11-13,17,22-23,25-26,28,30H,6,10,14-16,18-21H2,1-5H3,(H,45,49)(H,46,51)(H,52,53)/t22-,23-,25-,26-,28+,30+,38-/m1/s1. The molecule has 19 heteroatoms. The number of carboxylic acid groups (broad SMARTS) is 1. The first-order chi connectivity index (χ1) is 27.1. The van der Waals surface area contributed by atoms with Crippen LogP contribution in [0, 0.1) is 17.8 Å². The van der Waals surface area contributed by atoms with Crippen molar-refractivity contribution in [2.45, 2.75) is 113 Å². The molecular formula is C39H49F4N5O9S. The Morgan fingerprint density at radius 3 is 2.45 bits per heavy atom. The molecule has 7 atom stereocenters. The van der Waals surface area contributed by atoms with Crippen LogP contribution < -0.4 is 19.5 Å². The van der Waals surface area contributed by atoms with E-state index in [0.717, 1.165) is 4.90 Å². The van der Waals surface area contributed by atoms with Gasteiger partial charge in [0.2, 0.25) is 33.6 Å². The summed E-state index contributed by atoms with van der Waals surface area (Å²) in [6.45, 7) is 3.04. The van der Waals surface area contributed by atoms with Crippen LogP contribution in [0.4, 0.5) is 22.4 Å². The van der Waals surface area contributed by atoms with E-state index >= 15 is 0 Å². The van der Waals surface area contributed by atoms with Crippen LogP contribution in [-0.2, 0) is 24.4 Å². The molecule has 0 spiro atoms. The molecule has 4 amide bonds. The third-order valence-electron chi connectivity index (χ3n) is 12.2. The number of amides is 4. The number of ether oxygens (including phenoxy) is 2. The highest BCUT2D eigenvalue weighted by molar-refractivity contribution is 7.91. The maximum Gasteiger partial charge on any atom is 0.411 e. The van der Waals surface area contributed by atoms with Gasteiger partial charge < -0.3 is 24.8 Å². The number of sulfonamides is 1. The zero-order valence-electron chi connectivity index (χ0n) is 32.8. The van der Waals surface area contributed by atoms with E-state index in [0.29, 0.717) is 37.5 Å². The van der Waals surface area contributed by atoms with Gasteiger partial charge in [-0.1, -0.05) is 44.2 Å². The van der Waals surface area contributed by atoms with Gasteiger partial charge in [-0.2, -0.15) is 18.2 Å². The predicted molar refractivity (Wildman–Crippen MR) is 202 cm³/mol. The summed E-state index contributed by atoms with van der Waals surface area (Å²) in [5.74, 6) is -4.80. The normalized spacial score (nSPS) is 28.9. The van der Waals surface area contributed by atoms with E-state index < -0.39 is 99.1 Å². The highest BCUT2D eigenvalue weighted by atomic mass is 32.2. The van der Waals surface area contributed by atoms with Gasteiger partial charge in [0.05, 0.1) is 13.7 Å². The van der Waals surface area contributed by atoms with Crippen molar-refractivity contribution in [3.8, 4) is 11.8 Å². The fourth-order valence-corrected chi connectivity index (χ4v) is 9.66. The summed E-state index contributed by atoms with van der Waals surface area (Å²) in [7, 11) is -3.11. The number of carbonyl (C=O) groups is 4. The molecule has 318 valence electrons. The molecule has 14 nitrogen and oxygen atoms in total. The minimum atomic E-state index is -5.12. The van der Waals surface area contributed by atoms with Crippen LogP contribution in [0.3, 0.4) is 0 Å². The molecule has 2 aromatic rings. The Labute approximate surface area is 333 Å². The first kappa shape index (κ1) is 42.9. The molecule has 3 N–H and O–H groups in total. The van der Waals surface area contributed by atoms with Crippen molar-refractivity contribution in [3.63, 3.8) is 0 Å². The van der Waals surface area contributed by atoms with Crippen molar-refractivity contribution in [3.05, 3.63) is 42.5 Å². The van der Waals surface area contributed by atoms with Gasteiger partial charge >= 0.3 is 12.3 Å². The Morgan fingerprint density at radius 1 is 1.14 bits per heavy atom. The van der Waals surface area contributed by atoms with E-state index in [9.17, 15) is 50.3 Å². The molecule has 1 aromatic heterocycles. The number of carbonyl (C=O) groups excluding carboxylic acids is 3. The van der Waals surface area contributed by atoms with Gasteiger partial charge in [0.1, 0.15) is 40.7 Å². The summed E-state index contributed by atoms with van der Waals surface area (Å²) < 4.78 is 96.2. The SMILES string of the molecule is COc1cc2ccccc2c(O[C@@H]2C[C@H]3C(=O)N[C@]4(C(=O)NS(=O)(=O)C5(CF)CC5)C[C@H]4C=CCC[C@@H](C)C[C@@H](C)[C@H](N(C(=O)O)C(C)(C)C(F)(F)F)C(=O)N3C2)n1. The quantitative estimate of drug-likeness (QED) is 0.226. The fourth-order valence-electron chi connectivity index (χ4n) is 8.23. The number of alkyl halides is 4. The van der Waals surface area contributed by atoms with Gasteiger partial charge in [-0.15, -0.1) is 0 Å². The van der Waals surface area contributed by atoms with Crippen LogP contribution >= 0.6 is 0 Å². The zero-order valence-corrected chi connectivity index (χ0v) is 33.7. The highest BCUT2D eigenvalue weighted by Crippen LogP contribution is 2.48. The Morgan fingerprint density at radius 2 is 1.83 bits per heavy atom. The second kappa shape index (κ2) is 15.5. The summed E-state index contributed by atoms with van der Waals surface area (Å²) in [6.07, 6.45) is -4.03. The van der Waals surface area contributed by atoms with Crippen molar-refractivity contribution in [2.24, 2.45) is 17.8 Å². The van der Waals surface area contributed by atoms with E-state index in [1.165, 1.54) is 14.0 Å². The lowest BCUT2D eigenvalue weighted by atomic mass is 9.85. The molecule has 0 radical (unpaired) electrons. The number of methoxy groups -OCH3 is 1. The van der Waals surface area contributed by atoms with Crippen LogP contribution in [0.25, 0.3) is 10.8 Å². The van der Waals surface area contributed by atoms with Crippen LogP contribution in [0.5, 0.6) is 11.8 Å². The molecule has 58 heavy (non-hydrogen) atoms. The summed E-state index contributed by atoms with van der Waals surface area (Å²) >= 11 is 0. The summed E-state index contributed by atoms with van der Waals surface area (Å²) in [6, 6.07) is 5.20. The van der Waals surface area contributed by atoms with Crippen LogP contribution in [0.2, 0.25) is 0 Å². The molecule has 2 saturated carbocycles. The van der Waals surface area contributed by atoms with Crippen LogP contribution in [0.1, 0.15) is 72.6 Å². The fraction of sp³-hybridized carbons (Fsp3) is 0.615. The van der Waals surface area contributed by atoms with E-state index in [4.69, 9.17) is 9.47 Å². The number of nitrogens with one attached hydrogen (secondary N) is 2. The number of benzene rings is 1. The molecule has 3 heterocycles. The molecule has 0 bridgehead atoms. The first-order valence-corrected chi connectivity index (χ1v) is 20.7. The Balaban J connectivity index is 1.43. The van der Waals surface area contributed by atoms with Crippen molar-refractivity contribution in [1.82, 2.24) is 24.8 Å². The number of rotatable bonds is 9. The van der Waals surface area contributed by atoms with Gasteiger partial charge in [0, 0.05) is 23.8 Å². The average Bonchev–Trinajstić information content (AvgIpc) is 4.05. The zero-order chi connectivity index (χ0) is 42.6. The number of hydrogen-bond acceptors (Lipinski definition) is 9. The second-order valence-corrected chi connectivity index (χ2v) is 18.8.